The third-order valence-electron chi connectivity index (χ3n) is 3.05. The molecule has 2 N–H and O–H groups in total. The lowest BCUT2D eigenvalue weighted by Crippen LogP contribution is -2.40. The lowest BCUT2D eigenvalue weighted by molar-refractivity contribution is -0.119. The van der Waals surface area contributed by atoms with Crippen LogP contribution in [-0.4, -0.2) is 37.2 Å². The van der Waals surface area contributed by atoms with Crippen LogP contribution in [0.15, 0.2) is 23.1 Å². The number of morpholine rings is 1. The molecular weight excluding hydrogens is 317 g/mol. The van der Waals surface area contributed by atoms with Gasteiger partial charge < -0.3 is 15.4 Å². The van der Waals surface area contributed by atoms with Crippen LogP contribution in [0.3, 0.4) is 0 Å². The van der Waals surface area contributed by atoms with Crippen molar-refractivity contribution in [3.8, 4) is 0 Å². The Balaban J connectivity index is 2.03. The molecular formula is C14H17F3N2O2S. The monoisotopic (exact) mass is 334 g/mol. The minimum Gasteiger partial charge on any atom is -0.375 e. The maximum absolute atomic E-state index is 12.6. The molecule has 1 saturated heterocycles. The zero-order chi connectivity index (χ0) is 16.2. The number of aryl methyl sites for hydroxylation is 1. The van der Waals surface area contributed by atoms with E-state index in [1.165, 1.54) is 12.1 Å². The first-order valence-corrected chi connectivity index (χ1v) is 7.64. The van der Waals surface area contributed by atoms with Gasteiger partial charge in [-0.3, -0.25) is 4.79 Å². The van der Waals surface area contributed by atoms with Gasteiger partial charge in [0, 0.05) is 18.0 Å². The normalized spacial score (nSPS) is 19.0. The third kappa shape index (κ3) is 5.51. The van der Waals surface area contributed by atoms with Crippen LogP contribution >= 0.6 is 11.8 Å². The van der Waals surface area contributed by atoms with Gasteiger partial charge in [-0.15, -0.1) is 0 Å². The Kier molecular flexibility index (Phi) is 5.71. The van der Waals surface area contributed by atoms with E-state index in [4.69, 9.17) is 4.74 Å². The Morgan fingerprint density at radius 3 is 2.91 bits per heavy atom. The second-order valence-corrected chi connectivity index (χ2v) is 6.10. The first-order chi connectivity index (χ1) is 10.3. The molecule has 1 aliphatic rings. The van der Waals surface area contributed by atoms with Crippen LogP contribution in [0.5, 0.6) is 0 Å². The molecule has 2 rings (SSSR count). The van der Waals surface area contributed by atoms with Crippen LogP contribution in [0.2, 0.25) is 0 Å². The van der Waals surface area contributed by atoms with E-state index in [0.717, 1.165) is 6.54 Å². The predicted molar refractivity (Wildman–Crippen MR) is 78.9 cm³/mol. The number of carbonyl (C=O) groups is 1. The maximum atomic E-state index is 12.6. The summed E-state index contributed by atoms with van der Waals surface area (Å²) in [5, 5.41) is 5.64. The van der Waals surface area contributed by atoms with Crippen molar-refractivity contribution in [2.45, 2.75) is 29.9 Å². The fraction of sp³-hybridized carbons (Fsp3) is 0.500. The molecule has 1 aromatic carbocycles. The lowest BCUT2D eigenvalue weighted by Gasteiger charge is -2.23. The number of benzene rings is 1. The Morgan fingerprint density at radius 1 is 1.50 bits per heavy atom. The summed E-state index contributed by atoms with van der Waals surface area (Å²) in [6.45, 7) is 3.53. The largest absolute Gasteiger partial charge is 0.446 e. The highest BCUT2D eigenvalue weighted by atomic mass is 32.2. The summed E-state index contributed by atoms with van der Waals surface area (Å²) in [4.78, 5) is 12.0. The fourth-order valence-electron chi connectivity index (χ4n) is 2.10. The average Bonchev–Trinajstić information content (AvgIpc) is 2.41. The average molecular weight is 334 g/mol. The molecule has 0 spiro atoms. The number of hydrogen-bond donors (Lipinski definition) is 2. The number of thioether (sulfide) groups is 1. The van der Waals surface area contributed by atoms with Crippen molar-refractivity contribution in [1.82, 2.24) is 5.32 Å². The number of halogens is 3. The van der Waals surface area contributed by atoms with Crippen molar-refractivity contribution < 1.29 is 22.7 Å². The number of amides is 1. The topological polar surface area (TPSA) is 50.4 Å². The highest BCUT2D eigenvalue weighted by Gasteiger charge is 2.31. The Hall–Kier alpha value is -1.25. The molecule has 1 aromatic rings. The van der Waals surface area contributed by atoms with Gasteiger partial charge in [0.2, 0.25) is 5.91 Å². The van der Waals surface area contributed by atoms with E-state index in [9.17, 15) is 18.0 Å². The van der Waals surface area contributed by atoms with Crippen molar-refractivity contribution in [1.29, 1.82) is 0 Å². The minimum absolute atomic E-state index is 0.0106. The van der Waals surface area contributed by atoms with Crippen molar-refractivity contribution in [3.63, 3.8) is 0 Å². The molecule has 0 bridgehead atoms. The molecule has 0 aliphatic carbocycles. The van der Waals surface area contributed by atoms with E-state index >= 15 is 0 Å². The molecule has 1 aliphatic heterocycles. The minimum atomic E-state index is -4.40. The van der Waals surface area contributed by atoms with Gasteiger partial charge in [0.15, 0.2) is 0 Å². The van der Waals surface area contributed by atoms with Gasteiger partial charge in [0.25, 0.3) is 0 Å². The molecule has 0 unspecified atom stereocenters. The van der Waals surface area contributed by atoms with Gasteiger partial charge in [-0.2, -0.15) is 13.2 Å². The summed E-state index contributed by atoms with van der Waals surface area (Å²) in [7, 11) is 0. The lowest BCUT2D eigenvalue weighted by atomic mass is 10.2. The zero-order valence-electron chi connectivity index (χ0n) is 12.0. The number of anilines is 1. The summed E-state index contributed by atoms with van der Waals surface area (Å²) < 4.78 is 43.2. The van der Waals surface area contributed by atoms with Crippen LogP contribution < -0.4 is 10.6 Å². The van der Waals surface area contributed by atoms with Crippen molar-refractivity contribution >= 4 is 23.4 Å². The van der Waals surface area contributed by atoms with Crippen LogP contribution in [0.4, 0.5) is 18.9 Å². The molecule has 1 heterocycles. The molecule has 0 aromatic heterocycles. The van der Waals surface area contributed by atoms with Crippen LogP contribution in [-0.2, 0) is 9.53 Å². The number of hydrogen-bond acceptors (Lipinski definition) is 4. The van der Waals surface area contributed by atoms with Crippen molar-refractivity contribution in [2.75, 3.05) is 25.0 Å². The van der Waals surface area contributed by atoms with E-state index in [1.54, 1.807) is 13.0 Å². The molecule has 1 amide bonds. The fourth-order valence-corrected chi connectivity index (χ4v) is 2.82. The SMILES string of the molecule is Cc1ccc(NC(=O)C[C@H]2CNCCO2)c(SC(F)(F)F)c1. The Bertz CT molecular complexity index is 531. The number of carbonyl (C=O) groups excluding carboxylic acids is 1. The highest BCUT2D eigenvalue weighted by Crippen LogP contribution is 2.40. The number of rotatable bonds is 4. The molecule has 0 radical (unpaired) electrons. The number of alkyl halides is 3. The third-order valence-corrected chi connectivity index (χ3v) is 3.84. The molecule has 4 nitrogen and oxygen atoms in total. The molecule has 122 valence electrons. The summed E-state index contributed by atoms with van der Waals surface area (Å²) in [6.07, 6.45) is -0.144. The standard InChI is InChI=1S/C14H17F3N2O2S/c1-9-2-3-11(12(6-9)22-14(15,16)17)19-13(20)7-10-8-18-4-5-21-10/h2-3,6,10,18H,4-5,7-8H2,1H3,(H,19,20)/t10-/m0/s1. The molecule has 22 heavy (non-hydrogen) atoms. The summed E-state index contributed by atoms with van der Waals surface area (Å²) >= 11 is -0.229. The van der Waals surface area contributed by atoms with Crippen molar-refractivity contribution in [3.05, 3.63) is 23.8 Å². The molecule has 0 saturated carbocycles. The van der Waals surface area contributed by atoms with Crippen molar-refractivity contribution in [2.24, 2.45) is 0 Å². The smallest absolute Gasteiger partial charge is 0.375 e. The van der Waals surface area contributed by atoms with Crippen LogP contribution in [0.25, 0.3) is 0 Å². The van der Waals surface area contributed by atoms with Gasteiger partial charge in [-0.25, -0.2) is 0 Å². The summed E-state index contributed by atoms with van der Waals surface area (Å²) in [5.41, 5.74) is -3.53. The Morgan fingerprint density at radius 2 is 2.27 bits per heavy atom. The summed E-state index contributed by atoms with van der Waals surface area (Å²) in [6, 6.07) is 4.56. The van der Waals surface area contributed by atoms with E-state index in [1.807, 2.05) is 0 Å². The molecule has 1 fully saturated rings. The second-order valence-electron chi connectivity index (χ2n) is 5.00. The van der Waals surface area contributed by atoms with Gasteiger partial charge >= 0.3 is 5.51 Å². The first kappa shape index (κ1) is 17.1. The number of nitrogens with one attached hydrogen (secondary N) is 2. The summed E-state index contributed by atoms with van der Waals surface area (Å²) in [5.74, 6) is -0.360. The van der Waals surface area contributed by atoms with Gasteiger partial charge in [-0.05, 0) is 36.4 Å². The Labute approximate surface area is 130 Å². The van der Waals surface area contributed by atoms with Crippen LogP contribution in [0, 0.1) is 6.92 Å². The second kappa shape index (κ2) is 7.34. The number of ether oxygens (including phenoxy) is 1. The maximum Gasteiger partial charge on any atom is 0.446 e. The van der Waals surface area contributed by atoms with Gasteiger partial charge in [0.1, 0.15) is 0 Å². The van der Waals surface area contributed by atoms with E-state index in [2.05, 4.69) is 10.6 Å². The highest BCUT2D eigenvalue weighted by molar-refractivity contribution is 8.00. The zero-order valence-corrected chi connectivity index (χ0v) is 12.8. The van der Waals surface area contributed by atoms with Gasteiger partial charge in [0.05, 0.1) is 24.8 Å². The van der Waals surface area contributed by atoms with Gasteiger partial charge in [-0.1, -0.05) is 6.07 Å². The van der Waals surface area contributed by atoms with E-state index < -0.39 is 5.51 Å². The quantitative estimate of drug-likeness (QED) is 0.832. The predicted octanol–water partition coefficient (Wildman–Crippen LogP) is 2.92. The van der Waals surface area contributed by atoms with E-state index in [0.29, 0.717) is 18.7 Å². The molecule has 8 heteroatoms. The first-order valence-electron chi connectivity index (χ1n) is 6.82. The van der Waals surface area contributed by atoms with E-state index in [-0.39, 0.29) is 40.8 Å². The van der Waals surface area contributed by atoms with Crippen LogP contribution in [0.1, 0.15) is 12.0 Å². The molecule has 1 atom stereocenters.